The molecule has 156 valence electrons. The fourth-order valence-electron chi connectivity index (χ4n) is 2.56. The Hall–Kier alpha value is -3.40. The van der Waals surface area contributed by atoms with Crippen LogP contribution >= 0.6 is 0 Å². The van der Waals surface area contributed by atoms with Crippen molar-refractivity contribution in [2.24, 2.45) is 16.5 Å². The van der Waals surface area contributed by atoms with E-state index < -0.39 is 0 Å². The summed E-state index contributed by atoms with van der Waals surface area (Å²) in [5.41, 5.74) is 12.0. The lowest BCUT2D eigenvalue weighted by Crippen LogP contribution is -2.24. The van der Waals surface area contributed by atoms with Gasteiger partial charge in [-0.2, -0.15) is 4.99 Å². The molecule has 0 saturated carbocycles. The van der Waals surface area contributed by atoms with Gasteiger partial charge in [0.05, 0.1) is 6.61 Å². The van der Waals surface area contributed by atoms with Gasteiger partial charge in [-0.15, -0.1) is 5.10 Å². The predicted molar refractivity (Wildman–Crippen MR) is 109 cm³/mol. The van der Waals surface area contributed by atoms with Crippen LogP contribution in [0.15, 0.2) is 35.5 Å². The van der Waals surface area contributed by atoms with Crippen LogP contribution in [-0.4, -0.2) is 47.9 Å². The van der Waals surface area contributed by atoms with Gasteiger partial charge < -0.3 is 26.3 Å². The highest BCUT2D eigenvalue weighted by molar-refractivity contribution is 5.91. The maximum Gasteiger partial charge on any atom is 0.249 e. The van der Waals surface area contributed by atoms with Gasteiger partial charge in [-0.1, -0.05) is 6.07 Å². The standard InChI is InChI=1S/C19H26N6O4/c1-13(26)22-17-8-9-25(24-17)15-6-4-14(5-7-18(27)23-19(20)21)12-16(15)29-11-3-10-28-2/h4,6,8-9,12H,3,5,7,10-11H2,1-2H3,(H,22,24,26)(H4,20,21,23,27). The average Bonchev–Trinajstić information content (AvgIpc) is 3.10. The molecule has 0 aliphatic heterocycles. The summed E-state index contributed by atoms with van der Waals surface area (Å²) in [5.74, 6) is 0.206. The molecule has 2 aromatic rings. The van der Waals surface area contributed by atoms with E-state index in [4.69, 9.17) is 20.9 Å². The number of aliphatic imine (C=N–C) groups is 1. The number of aromatic nitrogens is 2. The summed E-state index contributed by atoms with van der Waals surface area (Å²) < 4.78 is 12.6. The van der Waals surface area contributed by atoms with Gasteiger partial charge in [-0.05, 0) is 24.1 Å². The number of aryl methyl sites for hydroxylation is 1. The first-order valence-corrected chi connectivity index (χ1v) is 9.10. The minimum absolute atomic E-state index is 0.175. The lowest BCUT2D eigenvalue weighted by atomic mass is 10.1. The summed E-state index contributed by atoms with van der Waals surface area (Å²) in [6, 6.07) is 7.26. The van der Waals surface area contributed by atoms with Gasteiger partial charge in [0.25, 0.3) is 0 Å². The minimum Gasteiger partial charge on any atom is -0.491 e. The van der Waals surface area contributed by atoms with Crippen LogP contribution in [0.5, 0.6) is 5.75 Å². The normalized spacial score (nSPS) is 10.4. The first-order chi connectivity index (χ1) is 13.9. The van der Waals surface area contributed by atoms with Crippen LogP contribution in [0.25, 0.3) is 5.69 Å². The van der Waals surface area contributed by atoms with Crippen molar-refractivity contribution >= 4 is 23.6 Å². The molecule has 1 aromatic carbocycles. The fraction of sp³-hybridized carbons (Fsp3) is 0.368. The maximum absolute atomic E-state index is 11.7. The van der Waals surface area contributed by atoms with Crippen molar-refractivity contribution in [2.75, 3.05) is 25.6 Å². The predicted octanol–water partition coefficient (Wildman–Crippen LogP) is 0.979. The Morgan fingerprint density at radius 3 is 2.72 bits per heavy atom. The Balaban J connectivity index is 2.20. The number of rotatable bonds is 10. The number of hydrogen-bond donors (Lipinski definition) is 3. The van der Waals surface area contributed by atoms with Crippen molar-refractivity contribution < 1.29 is 19.1 Å². The smallest absolute Gasteiger partial charge is 0.249 e. The lowest BCUT2D eigenvalue weighted by Gasteiger charge is -2.13. The molecule has 0 aliphatic rings. The maximum atomic E-state index is 11.7. The number of nitrogens with one attached hydrogen (secondary N) is 1. The molecule has 0 spiro atoms. The van der Waals surface area contributed by atoms with Crippen LogP contribution in [0.3, 0.4) is 0 Å². The molecule has 5 N–H and O–H groups in total. The van der Waals surface area contributed by atoms with Crippen molar-refractivity contribution in [1.29, 1.82) is 0 Å². The Labute approximate surface area is 168 Å². The number of methoxy groups -OCH3 is 1. The average molecular weight is 402 g/mol. The number of nitrogens with two attached hydrogens (primary N) is 2. The zero-order valence-electron chi connectivity index (χ0n) is 16.6. The summed E-state index contributed by atoms with van der Waals surface area (Å²) in [5, 5.41) is 6.98. The highest BCUT2D eigenvalue weighted by Gasteiger charge is 2.11. The van der Waals surface area contributed by atoms with Gasteiger partial charge in [-0.3, -0.25) is 9.59 Å². The zero-order valence-corrected chi connectivity index (χ0v) is 16.6. The Bertz CT molecular complexity index is 873. The summed E-state index contributed by atoms with van der Waals surface area (Å²) in [4.78, 5) is 26.4. The number of nitrogens with zero attached hydrogens (tertiary/aromatic N) is 3. The van der Waals surface area contributed by atoms with E-state index in [-0.39, 0.29) is 24.2 Å². The molecule has 1 heterocycles. The van der Waals surface area contributed by atoms with E-state index in [0.717, 1.165) is 12.0 Å². The number of amides is 2. The monoisotopic (exact) mass is 402 g/mol. The molecule has 0 radical (unpaired) electrons. The molecule has 0 bridgehead atoms. The van der Waals surface area contributed by atoms with Gasteiger partial charge in [0, 0.05) is 45.7 Å². The second kappa shape index (κ2) is 10.8. The van der Waals surface area contributed by atoms with Crippen LogP contribution in [0.4, 0.5) is 5.82 Å². The van der Waals surface area contributed by atoms with E-state index in [1.807, 2.05) is 18.2 Å². The van der Waals surface area contributed by atoms with E-state index in [1.165, 1.54) is 6.92 Å². The molecular formula is C19H26N6O4. The van der Waals surface area contributed by atoms with Gasteiger partial charge in [0.2, 0.25) is 11.8 Å². The highest BCUT2D eigenvalue weighted by atomic mass is 16.5. The number of carbonyl (C=O) groups is 2. The molecule has 0 aliphatic carbocycles. The summed E-state index contributed by atoms with van der Waals surface area (Å²) in [6.07, 6.45) is 3.08. The summed E-state index contributed by atoms with van der Waals surface area (Å²) in [7, 11) is 1.63. The molecule has 2 amide bonds. The number of hydrogen-bond acceptors (Lipinski definition) is 5. The summed E-state index contributed by atoms with van der Waals surface area (Å²) >= 11 is 0. The van der Waals surface area contributed by atoms with Crippen molar-refractivity contribution in [3.63, 3.8) is 0 Å². The first kappa shape index (κ1) is 21.9. The molecule has 0 saturated heterocycles. The number of anilines is 1. The fourth-order valence-corrected chi connectivity index (χ4v) is 2.56. The third kappa shape index (κ3) is 7.26. The van der Waals surface area contributed by atoms with Crippen molar-refractivity contribution in [1.82, 2.24) is 9.78 Å². The number of carbonyl (C=O) groups excluding carboxylic acids is 2. The SMILES string of the molecule is COCCCOc1cc(CCC(=O)N=C(N)N)ccc1-n1ccc(NC(C)=O)n1. The summed E-state index contributed by atoms with van der Waals surface area (Å²) in [6.45, 7) is 2.45. The Morgan fingerprint density at radius 2 is 2.03 bits per heavy atom. The Kier molecular flexibility index (Phi) is 8.16. The van der Waals surface area contributed by atoms with Crippen LogP contribution in [0.1, 0.15) is 25.3 Å². The van der Waals surface area contributed by atoms with E-state index in [0.29, 0.717) is 36.9 Å². The third-order valence-corrected chi connectivity index (χ3v) is 3.80. The second-order valence-electron chi connectivity index (χ2n) is 6.25. The van der Waals surface area contributed by atoms with Crippen molar-refractivity contribution in [3.8, 4) is 11.4 Å². The largest absolute Gasteiger partial charge is 0.491 e. The molecule has 0 fully saturated rings. The third-order valence-electron chi connectivity index (χ3n) is 3.80. The van der Waals surface area contributed by atoms with E-state index in [1.54, 1.807) is 24.1 Å². The Morgan fingerprint density at radius 1 is 1.24 bits per heavy atom. The molecule has 29 heavy (non-hydrogen) atoms. The highest BCUT2D eigenvalue weighted by Crippen LogP contribution is 2.26. The number of ether oxygens (including phenoxy) is 2. The number of benzene rings is 1. The van der Waals surface area contributed by atoms with Gasteiger partial charge in [0.1, 0.15) is 11.4 Å². The van der Waals surface area contributed by atoms with Crippen molar-refractivity contribution in [2.45, 2.75) is 26.2 Å². The van der Waals surface area contributed by atoms with E-state index in [2.05, 4.69) is 15.4 Å². The lowest BCUT2D eigenvalue weighted by molar-refractivity contribution is -0.117. The first-order valence-electron chi connectivity index (χ1n) is 9.10. The van der Waals surface area contributed by atoms with Crippen LogP contribution < -0.4 is 21.5 Å². The van der Waals surface area contributed by atoms with Gasteiger partial charge >= 0.3 is 0 Å². The molecule has 2 rings (SSSR count). The van der Waals surface area contributed by atoms with Crippen molar-refractivity contribution in [3.05, 3.63) is 36.0 Å². The van der Waals surface area contributed by atoms with E-state index >= 15 is 0 Å². The van der Waals surface area contributed by atoms with Crippen LogP contribution in [-0.2, 0) is 20.7 Å². The molecule has 0 unspecified atom stereocenters. The minimum atomic E-state index is -0.385. The topological polar surface area (TPSA) is 147 Å². The number of guanidine groups is 1. The zero-order chi connectivity index (χ0) is 21.2. The quantitative estimate of drug-likeness (QED) is 0.305. The molecule has 1 aromatic heterocycles. The second-order valence-corrected chi connectivity index (χ2v) is 6.25. The molecule has 10 nitrogen and oxygen atoms in total. The van der Waals surface area contributed by atoms with Gasteiger partial charge in [0.15, 0.2) is 11.8 Å². The van der Waals surface area contributed by atoms with Gasteiger partial charge in [-0.25, -0.2) is 4.68 Å². The molecular weight excluding hydrogens is 376 g/mol. The van der Waals surface area contributed by atoms with Crippen LogP contribution in [0, 0.1) is 0 Å². The molecule has 0 atom stereocenters. The van der Waals surface area contributed by atoms with E-state index in [9.17, 15) is 9.59 Å². The molecule has 10 heteroatoms. The van der Waals surface area contributed by atoms with Crippen LogP contribution in [0.2, 0.25) is 0 Å².